The van der Waals surface area contributed by atoms with E-state index in [-0.39, 0.29) is 30.8 Å². The number of hydrogen-bond donors (Lipinski definition) is 1. The molecule has 0 bridgehead atoms. The maximum absolute atomic E-state index is 11.9. The minimum atomic E-state index is -0.594. The SMILES string of the molecule is CCOC(=O)CCN(CC(C)O)C(=O)CC(C)C. The van der Waals surface area contributed by atoms with Crippen molar-refractivity contribution in [3.63, 3.8) is 0 Å². The van der Waals surface area contributed by atoms with Crippen molar-refractivity contribution in [1.82, 2.24) is 4.90 Å². The molecule has 0 saturated heterocycles. The number of ether oxygens (including phenoxy) is 1. The number of esters is 1. The van der Waals surface area contributed by atoms with Crippen LogP contribution in [0.2, 0.25) is 0 Å². The van der Waals surface area contributed by atoms with Gasteiger partial charge in [-0.1, -0.05) is 13.8 Å². The molecule has 0 radical (unpaired) electrons. The average Bonchev–Trinajstić information content (AvgIpc) is 2.23. The van der Waals surface area contributed by atoms with E-state index < -0.39 is 6.10 Å². The van der Waals surface area contributed by atoms with Gasteiger partial charge in [-0.2, -0.15) is 0 Å². The van der Waals surface area contributed by atoms with E-state index in [1.807, 2.05) is 13.8 Å². The number of rotatable bonds is 8. The predicted molar refractivity (Wildman–Crippen MR) is 69.0 cm³/mol. The molecular formula is C13H25NO4. The zero-order valence-corrected chi connectivity index (χ0v) is 11.8. The lowest BCUT2D eigenvalue weighted by molar-refractivity contribution is -0.144. The molecule has 0 aliphatic rings. The highest BCUT2D eigenvalue weighted by Crippen LogP contribution is 2.06. The van der Waals surface area contributed by atoms with Crippen molar-refractivity contribution >= 4 is 11.9 Å². The molecule has 18 heavy (non-hydrogen) atoms. The van der Waals surface area contributed by atoms with Gasteiger partial charge in [0, 0.05) is 19.5 Å². The molecule has 0 spiro atoms. The maximum Gasteiger partial charge on any atom is 0.307 e. The molecule has 0 aliphatic heterocycles. The lowest BCUT2D eigenvalue weighted by Gasteiger charge is -2.24. The van der Waals surface area contributed by atoms with Crippen LogP contribution in [-0.2, 0) is 14.3 Å². The minimum Gasteiger partial charge on any atom is -0.466 e. The van der Waals surface area contributed by atoms with Gasteiger partial charge in [0.1, 0.15) is 0 Å². The van der Waals surface area contributed by atoms with Crippen molar-refractivity contribution in [1.29, 1.82) is 0 Å². The molecule has 106 valence electrons. The number of carbonyl (C=O) groups excluding carboxylic acids is 2. The number of carbonyl (C=O) groups is 2. The van der Waals surface area contributed by atoms with Gasteiger partial charge < -0.3 is 14.7 Å². The fourth-order valence-corrected chi connectivity index (χ4v) is 1.57. The summed E-state index contributed by atoms with van der Waals surface area (Å²) in [7, 11) is 0. The van der Waals surface area contributed by atoms with Gasteiger partial charge in [0.15, 0.2) is 0 Å². The molecule has 1 N–H and O–H groups in total. The Morgan fingerprint density at radius 3 is 2.33 bits per heavy atom. The maximum atomic E-state index is 11.9. The molecule has 1 amide bonds. The van der Waals surface area contributed by atoms with E-state index in [0.29, 0.717) is 19.6 Å². The van der Waals surface area contributed by atoms with Gasteiger partial charge in [-0.3, -0.25) is 9.59 Å². The first-order valence-electron chi connectivity index (χ1n) is 6.48. The van der Waals surface area contributed by atoms with E-state index in [0.717, 1.165) is 0 Å². The molecule has 0 fully saturated rings. The summed E-state index contributed by atoms with van der Waals surface area (Å²) >= 11 is 0. The Labute approximate surface area is 109 Å². The summed E-state index contributed by atoms with van der Waals surface area (Å²) in [6.07, 6.45) is 0.00300. The number of aliphatic hydroxyl groups excluding tert-OH is 1. The molecule has 0 aromatic heterocycles. The van der Waals surface area contributed by atoms with Crippen LogP contribution in [0.15, 0.2) is 0 Å². The van der Waals surface area contributed by atoms with E-state index >= 15 is 0 Å². The largest absolute Gasteiger partial charge is 0.466 e. The zero-order chi connectivity index (χ0) is 14.1. The lowest BCUT2D eigenvalue weighted by Crippen LogP contribution is -2.38. The summed E-state index contributed by atoms with van der Waals surface area (Å²) < 4.78 is 4.82. The Morgan fingerprint density at radius 2 is 1.89 bits per heavy atom. The highest BCUT2D eigenvalue weighted by Gasteiger charge is 2.18. The quantitative estimate of drug-likeness (QED) is 0.665. The van der Waals surface area contributed by atoms with Gasteiger partial charge in [0.05, 0.1) is 19.1 Å². The van der Waals surface area contributed by atoms with Crippen LogP contribution < -0.4 is 0 Å². The molecule has 0 rings (SSSR count). The second kappa shape index (κ2) is 8.91. The van der Waals surface area contributed by atoms with Gasteiger partial charge in [0.2, 0.25) is 5.91 Å². The van der Waals surface area contributed by atoms with Crippen molar-refractivity contribution in [2.75, 3.05) is 19.7 Å². The Morgan fingerprint density at radius 1 is 1.28 bits per heavy atom. The zero-order valence-electron chi connectivity index (χ0n) is 11.8. The fourth-order valence-electron chi connectivity index (χ4n) is 1.57. The third kappa shape index (κ3) is 8.06. The number of nitrogens with zero attached hydrogens (tertiary/aromatic N) is 1. The molecule has 5 heteroatoms. The summed E-state index contributed by atoms with van der Waals surface area (Å²) in [6.45, 7) is 8.19. The van der Waals surface area contributed by atoms with Crippen molar-refractivity contribution in [2.45, 2.75) is 46.6 Å². The van der Waals surface area contributed by atoms with Crippen LogP contribution in [0.4, 0.5) is 0 Å². The summed E-state index contributed by atoms with van der Waals surface area (Å²) in [5.74, 6) is -0.0859. The van der Waals surface area contributed by atoms with E-state index in [1.165, 1.54) is 4.90 Å². The summed E-state index contributed by atoms with van der Waals surface area (Å²) in [5, 5.41) is 9.36. The molecule has 1 atom stereocenters. The molecule has 0 aromatic carbocycles. The standard InChI is InChI=1S/C13H25NO4/c1-5-18-13(17)6-7-14(9-11(4)15)12(16)8-10(2)3/h10-11,15H,5-9H2,1-4H3. The third-order valence-corrected chi connectivity index (χ3v) is 2.31. The topological polar surface area (TPSA) is 66.8 Å². The Balaban J connectivity index is 4.30. The van der Waals surface area contributed by atoms with Gasteiger partial charge in [-0.25, -0.2) is 0 Å². The molecule has 1 unspecified atom stereocenters. The monoisotopic (exact) mass is 259 g/mol. The van der Waals surface area contributed by atoms with Crippen LogP contribution in [0.5, 0.6) is 0 Å². The van der Waals surface area contributed by atoms with Crippen LogP contribution in [0.3, 0.4) is 0 Å². The molecular weight excluding hydrogens is 234 g/mol. The van der Waals surface area contributed by atoms with Gasteiger partial charge in [-0.15, -0.1) is 0 Å². The van der Waals surface area contributed by atoms with Crippen molar-refractivity contribution in [3.05, 3.63) is 0 Å². The first-order valence-corrected chi connectivity index (χ1v) is 6.48. The number of aliphatic hydroxyl groups is 1. The van der Waals surface area contributed by atoms with E-state index in [9.17, 15) is 14.7 Å². The van der Waals surface area contributed by atoms with Crippen molar-refractivity contribution in [3.8, 4) is 0 Å². The average molecular weight is 259 g/mol. The predicted octanol–water partition coefficient (Wildman–Crippen LogP) is 1.20. The third-order valence-electron chi connectivity index (χ3n) is 2.31. The molecule has 0 saturated carbocycles. The van der Waals surface area contributed by atoms with Gasteiger partial charge in [-0.05, 0) is 19.8 Å². The van der Waals surface area contributed by atoms with Crippen molar-refractivity contribution in [2.24, 2.45) is 5.92 Å². The smallest absolute Gasteiger partial charge is 0.307 e. The summed E-state index contributed by atoms with van der Waals surface area (Å²) in [4.78, 5) is 24.7. The first kappa shape index (κ1) is 16.9. The Hall–Kier alpha value is -1.10. The van der Waals surface area contributed by atoms with E-state index in [1.54, 1.807) is 13.8 Å². The minimum absolute atomic E-state index is 0.0322. The normalized spacial score (nSPS) is 12.3. The molecule has 5 nitrogen and oxygen atoms in total. The van der Waals surface area contributed by atoms with Gasteiger partial charge >= 0.3 is 5.97 Å². The molecule has 0 aliphatic carbocycles. The van der Waals surface area contributed by atoms with E-state index in [4.69, 9.17) is 4.74 Å². The lowest BCUT2D eigenvalue weighted by atomic mass is 10.1. The van der Waals surface area contributed by atoms with E-state index in [2.05, 4.69) is 0 Å². The van der Waals surface area contributed by atoms with Crippen LogP contribution >= 0.6 is 0 Å². The number of hydrogen-bond acceptors (Lipinski definition) is 4. The van der Waals surface area contributed by atoms with Crippen molar-refractivity contribution < 1.29 is 19.4 Å². The summed E-state index contributed by atoms with van der Waals surface area (Å²) in [5.41, 5.74) is 0. The second-order valence-corrected chi connectivity index (χ2v) is 4.84. The highest BCUT2D eigenvalue weighted by molar-refractivity contribution is 5.77. The Kier molecular flexibility index (Phi) is 8.37. The fraction of sp³-hybridized carbons (Fsp3) is 0.846. The highest BCUT2D eigenvalue weighted by atomic mass is 16.5. The van der Waals surface area contributed by atoms with Crippen LogP contribution in [0.25, 0.3) is 0 Å². The van der Waals surface area contributed by atoms with Gasteiger partial charge in [0.25, 0.3) is 0 Å². The molecule has 0 aromatic rings. The Bertz CT molecular complexity index is 264. The first-order chi connectivity index (χ1) is 8.36. The van der Waals surface area contributed by atoms with Crippen LogP contribution in [0.1, 0.15) is 40.5 Å². The second-order valence-electron chi connectivity index (χ2n) is 4.84. The summed E-state index contributed by atoms with van der Waals surface area (Å²) in [6, 6.07) is 0. The number of amides is 1. The molecule has 0 heterocycles. The van der Waals surface area contributed by atoms with Crippen LogP contribution in [-0.4, -0.2) is 47.7 Å². The van der Waals surface area contributed by atoms with Crippen LogP contribution in [0, 0.1) is 5.92 Å².